The summed E-state index contributed by atoms with van der Waals surface area (Å²) in [4.78, 5) is 16.6. The predicted molar refractivity (Wildman–Crippen MR) is 42.8 cm³/mol. The van der Waals surface area contributed by atoms with Crippen molar-refractivity contribution >= 4 is 12.0 Å². The van der Waals surface area contributed by atoms with Crippen LogP contribution in [0.3, 0.4) is 0 Å². The zero-order valence-corrected chi connectivity index (χ0v) is 6.82. The van der Waals surface area contributed by atoms with E-state index in [1.54, 1.807) is 0 Å². The van der Waals surface area contributed by atoms with Crippen LogP contribution in [0.4, 0.5) is 0 Å². The molecule has 3 nitrogen and oxygen atoms in total. The van der Waals surface area contributed by atoms with Gasteiger partial charge in [0.1, 0.15) is 11.9 Å². The first-order valence-corrected chi connectivity index (χ1v) is 4.51. The minimum absolute atomic E-state index is 0.205. The van der Waals surface area contributed by atoms with Gasteiger partial charge in [-0.25, -0.2) is 0 Å². The number of carbonyl (C=O) groups is 1. The molecule has 2 atom stereocenters. The lowest BCUT2D eigenvalue weighted by Crippen LogP contribution is -2.37. The second-order valence-electron chi connectivity index (χ2n) is 4.23. The Labute approximate surface area is 70.8 Å². The van der Waals surface area contributed by atoms with E-state index in [0.29, 0.717) is 12.2 Å². The summed E-state index contributed by atoms with van der Waals surface area (Å²) >= 11 is 0. The fourth-order valence-corrected chi connectivity index (χ4v) is 2.51. The van der Waals surface area contributed by atoms with Gasteiger partial charge in [-0.2, -0.15) is 0 Å². The van der Waals surface area contributed by atoms with Crippen LogP contribution in [0.25, 0.3) is 0 Å². The van der Waals surface area contributed by atoms with E-state index in [9.17, 15) is 4.79 Å². The average Bonchev–Trinajstić information content (AvgIpc) is 2.62. The summed E-state index contributed by atoms with van der Waals surface area (Å²) in [5, 5.41) is 3.82. The zero-order chi connectivity index (χ0) is 8.18. The van der Waals surface area contributed by atoms with E-state index in [1.807, 2.05) is 6.21 Å². The summed E-state index contributed by atoms with van der Waals surface area (Å²) < 4.78 is 0. The van der Waals surface area contributed by atoms with Gasteiger partial charge in [0.25, 0.3) is 0 Å². The number of carbonyl (C=O) groups excluding carboxylic acids is 1. The molecule has 0 saturated heterocycles. The van der Waals surface area contributed by atoms with Crippen LogP contribution in [0.5, 0.6) is 0 Å². The molecule has 3 rings (SSSR count). The fraction of sp³-hybridized carbons (Fsp3) is 0.778. The molecular formula is C9H11NO2. The van der Waals surface area contributed by atoms with E-state index in [4.69, 9.17) is 4.84 Å². The summed E-state index contributed by atoms with van der Waals surface area (Å²) in [5.41, 5.74) is 0.205. The second kappa shape index (κ2) is 1.90. The molecule has 0 aromatic rings. The summed E-state index contributed by atoms with van der Waals surface area (Å²) in [6.07, 6.45) is 5.73. The smallest absolute Gasteiger partial charge is 0.141 e. The molecule has 0 amide bonds. The number of hydrogen-bond acceptors (Lipinski definition) is 3. The Bertz CT molecular complexity index is 268. The molecule has 12 heavy (non-hydrogen) atoms. The Kier molecular flexibility index (Phi) is 1.05. The van der Waals surface area contributed by atoms with Crippen LogP contribution in [0.2, 0.25) is 0 Å². The topological polar surface area (TPSA) is 38.7 Å². The normalized spacial score (nSPS) is 41.2. The Morgan fingerprint density at radius 2 is 2.42 bits per heavy atom. The summed E-state index contributed by atoms with van der Waals surface area (Å²) in [5.74, 6) is 0.680. The van der Waals surface area contributed by atoms with Gasteiger partial charge in [0.05, 0.1) is 6.21 Å². The number of nitrogens with zero attached hydrogens (tertiary/aromatic N) is 1. The molecule has 2 saturated carbocycles. The van der Waals surface area contributed by atoms with Crippen molar-refractivity contribution in [2.75, 3.05) is 0 Å². The molecular weight excluding hydrogens is 154 g/mol. The Hall–Kier alpha value is -0.860. The molecule has 1 aliphatic heterocycles. The molecule has 64 valence electrons. The van der Waals surface area contributed by atoms with E-state index in [1.165, 1.54) is 0 Å². The molecule has 0 N–H and O–H groups in total. The van der Waals surface area contributed by atoms with Crippen molar-refractivity contribution in [1.82, 2.24) is 0 Å². The first kappa shape index (κ1) is 6.63. The minimum atomic E-state index is 0.205. The lowest BCUT2D eigenvalue weighted by atomic mass is 9.76. The SMILES string of the molecule is O=C1CC2C=NOC2C2(CC2)C1. The number of Topliss-reactive ketones (excluding diaryl/α,β-unsaturated/α-hetero) is 1. The molecule has 1 spiro atoms. The van der Waals surface area contributed by atoms with Crippen molar-refractivity contribution in [2.45, 2.75) is 31.8 Å². The maximum absolute atomic E-state index is 11.3. The van der Waals surface area contributed by atoms with Crippen molar-refractivity contribution in [3.8, 4) is 0 Å². The summed E-state index contributed by atoms with van der Waals surface area (Å²) in [6.45, 7) is 0. The van der Waals surface area contributed by atoms with Crippen molar-refractivity contribution in [3.05, 3.63) is 0 Å². The highest BCUT2D eigenvalue weighted by atomic mass is 16.6. The maximum atomic E-state index is 11.3. The largest absolute Gasteiger partial charge is 0.391 e. The molecule has 0 radical (unpaired) electrons. The van der Waals surface area contributed by atoms with E-state index in [0.717, 1.165) is 19.3 Å². The van der Waals surface area contributed by atoms with Gasteiger partial charge in [0.2, 0.25) is 0 Å². The monoisotopic (exact) mass is 165 g/mol. The van der Waals surface area contributed by atoms with Crippen LogP contribution in [0.1, 0.15) is 25.7 Å². The van der Waals surface area contributed by atoms with Gasteiger partial charge in [0, 0.05) is 24.2 Å². The Morgan fingerprint density at radius 1 is 1.58 bits per heavy atom. The van der Waals surface area contributed by atoms with Crippen molar-refractivity contribution in [3.63, 3.8) is 0 Å². The van der Waals surface area contributed by atoms with E-state index < -0.39 is 0 Å². The number of rotatable bonds is 0. The lowest BCUT2D eigenvalue weighted by Gasteiger charge is -2.29. The van der Waals surface area contributed by atoms with E-state index >= 15 is 0 Å². The standard InChI is InChI=1S/C9H11NO2/c11-7-3-6-5-10-12-8(6)9(4-7)1-2-9/h5-6,8H,1-4H2. The number of oxime groups is 1. The molecule has 2 fully saturated rings. The second-order valence-corrected chi connectivity index (χ2v) is 4.23. The fourth-order valence-electron chi connectivity index (χ4n) is 2.51. The molecule has 1 heterocycles. The van der Waals surface area contributed by atoms with Gasteiger partial charge in [-0.05, 0) is 12.8 Å². The highest BCUT2D eigenvalue weighted by Gasteiger charge is 2.58. The van der Waals surface area contributed by atoms with Crippen LogP contribution in [0.15, 0.2) is 5.16 Å². The Balaban J connectivity index is 1.92. The molecule has 2 unspecified atom stereocenters. The molecule has 3 aliphatic rings. The zero-order valence-electron chi connectivity index (χ0n) is 6.82. The van der Waals surface area contributed by atoms with Crippen LogP contribution in [-0.2, 0) is 9.63 Å². The van der Waals surface area contributed by atoms with Crippen LogP contribution in [0, 0.1) is 11.3 Å². The Morgan fingerprint density at radius 3 is 3.17 bits per heavy atom. The molecule has 3 heteroatoms. The maximum Gasteiger partial charge on any atom is 0.141 e. The molecule has 0 bridgehead atoms. The minimum Gasteiger partial charge on any atom is -0.391 e. The quantitative estimate of drug-likeness (QED) is 0.539. The third-order valence-electron chi connectivity index (χ3n) is 3.32. The molecule has 2 aliphatic carbocycles. The van der Waals surface area contributed by atoms with Gasteiger partial charge >= 0.3 is 0 Å². The summed E-state index contributed by atoms with van der Waals surface area (Å²) in [7, 11) is 0. The van der Waals surface area contributed by atoms with Crippen molar-refractivity contribution in [1.29, 1.82) is 0 Å². The van der Waals surface area contributed by atoms with Crippen LogP contribution < -0.4 is 0 Å². The highest BCUT2D eigenvalue weighted by molar-refractivity contribution is 5.85. The predicted octanol–water partition coefficient (Wildman–Crippen LogP) is 1.13. The third-order valence-corrected chi connectivity index (χ3v) is 3.32. The van der Waals surface area contributed by atoms with E-state index in [2.05, 4.69) is 5.16 Å². The lowest BCUT2D eigenvalue weighted by molar-refractivity contribution is -0.127. The van der Waals surface area contributed by atoms with Crippen LogP contribution in [-0.4, -0.2) is 18.1 Å². The third kappa shape index (κ3) is 0.713. The number of hydrogen-bond donors (Lipinski definition) is 0. The van der Waals surface area contributed by atoms with Crippen molar-refractivity contribution < 1.29 is 9.63 Å². The van der Waals surface area contributed by atoms with E-state index in [-0.39, 0.29) is 17.4 Å². The van der Waals surface area contributed by atoms with Gasteiger partial charge in [-0.3, -0.25) is 4.79 Å². The number of ketones is 1. The number of fused-ring (bicyclic) bond motifs is 2. The van der Waals surface area contributed by atoms with Gasteiger partial charge in [0.15, 0.2) is 0 Å². The average molecular weight is 165 g/mol. The first-order valence-electron chi connectivity index (χ1n) is 4.51. The van der Waals surface area contributed by atoms with Gasteiger partial charge in [-0.1, -0.05) is 5.16 Å². The van der Waals surface area contributed by atoms with Gasteiger partial charge in [-0.15, -0.1) is 0 Å². The molecule has 0 aromatic carbocycles. The van der Waals surface area contributed by atoms with Crippen molar-refractivity contribution in [2.24, 2.45) is 16.5 Å². The van der Waals surface area contributed by atoms with Gasteiger partial charge < -0.3 is 4.84 Å². The summed E-state index contributed by atoms with van der Waals surface area (Å²) in [6, 6.07) is 0. The molecule has 0 aromatic heterocycles. The van der Waals surface area contributed by atoms with Crippen LogP contribution >= 0.6 is 0 Å². The highest BCUT2D eigenvalue weighted by Crippen LogP contribution is 2.58. The first-order chi connectivity index (χ1) is 5.80.